The number of hydrogen-bond donors (Lipinski definition) is 3. The van der Waals surface area contributed by atoms with Gasteiger partial charge in [0, 0.05) is 24.6 Å². The lowest BCUT2D eigenvalue weighted by molar-refractivity contribution is -0.276. The van der Waals surface area contributed by atoms with E-state index in [1.807, 2.05) is 69.3 Å². The number of hydrogen-bond acceptors (Lipinski definition) is 9. The second kappa shape index (κ2) is 15.7. The van der Waals surface area contributed by atoms with Crippen LogP contribution in [0, 0.1) is 5.92 Å². The fraction of sp³-hybridized carbons (Fsp3) is 0.559. The van der Waals surface area contributed by atoms with E-state index < -0.39 is 23.9 Å². The Labute approximate surface area is 265 Å². The number of nitrogens with one attached hydrogen (secondary N) is 2. The van der Waals surface area contributed by atoms with Crippen LogP contribution in [0.1, 0.15) is 82.1 Å². The minimum absolute atomic E-state index is 0.0299. The molecule has 4 rings (SSSR count). The number of urea groups is 1. The normalized spacial score (nSPS) is 23.7. The van der Waals surface area contributed by atoms with Gasteiger partial charge in [0.25, 0.3) is 0 Å². The molecule has 0 bridgehead atoms. The quantitative estimate of drug-likeness (QED) is 0.315. The van der Waals surface area contributed by atoms with Crippen LogP contribution in [0.5, 0.6) is 0 Å². The molecule has 11 nitrogen and oxygen atoms in total. The Morgan fingerprint density at radius 3 is 2.29 bits per heavy atom. The minimum atomic E-state index is -0.661. The number of rotatable bonds is 11. The number of aliphatic hydroxyl groups excluding tert-OH is 1. The van der Waals surface area contributed by atoms with Gasteiger partial charge < -0.3 is 34.7 Å². The Kier molecular flexibility index (Phi) is 12.0. The van der Waals surface area contributed by atoms with Gasteiger partial charge in [0.1, 0.15) is 18.2 Å². The van der Waals surface area contributed by atoms with Crippen LogP contribution in [0.2, 0.25) is 0 Å². The van der Waals surface area contributed by atoms with Gasteiger partial charge in [0.2, 0.25) is 0 Å². The molecule has 0 saturated carbocycles. The first-order chi connectivity index (χ1) is 21.5. The van der Waals surface area contributed by atoms with Crippen LogP contribution < -0.4 is 10.6 Å². The van der Waals surface area contributed by atoms with Crippen molar-refractivity contribution in [3.63, 3.8) is 0 Å². The van der Waals surface area contributed by atoms with Crippen LogP contribution in [0.4, 0.5) is 4.79 Å². The molecule has 2 amide bonds. The van der Waals surface area contributed by atoms with E-state index in [1.54, 1.807) is 6.92 Å². The van der Waals surface area contributed by atoms with Gasteiger partial charge in [-0.15, -0.1) is 0 Å². The van der Waals surface area contributed by atoms with Gasteiger partial charge in [-0.05, 0) is 63.8 Å². The molecule has 2 aliphatic heterocycles. The highest BCUT2D eigenvalue weighted by Gasteiger charge is 2.42. The fourth-order valence-electron chi connectivity index (χ4n) is 5.64. The zero-order chi connectivity index (χ0) is 32.6. The smallest absolute Gasteiger partial charge is 0.325 e. The number of nitrogens with zero attached hydrogens (tertiary/aromatic N) is 1. The Morgan fingerprint density at radius 1 is 0.978 bits per heavy atom. The van der Waals surface area contributed by atoms with Crippen LogP contribution in [0.3, 0.4) is 0 Å². The molecule has 2 aromatic carbocycles. The molecule has 0 unspecified atom stereocenters. The van der Waals surface area contributed by atoms with E-state index in [2.05, 4.69) is 22.5 Å². The van der Waals surface area contributed by atoms with Crippen molar-refractivity contribution in [3.05, 3.63) is 70.8 Å². The zero-order valence-electron chi connectivity index (χ0n) is 26.9. The monoisotopic (exact) mass is 625 g/mol. The van der Waals surface area contributed by atoms with E-state index in [0.717, 1.165) is 41.6 Å². The summed E-state index contributed by atoms with van der Waals surface area (Å²) in [6.45, 7) is 11.1. The average Bonchev–Trinajstić information content (AvgIpc) is 3.48. The second-order valence-corrected chi connectivity index (χ2v) is 12.6. The number of esters is 2. The summed E-state index contributed by atoms with van der Waals surface area (Å²) in [6.07, 6.45) is 0.476. The van der Waals surface area contributed by atoms with Crippen molar-refractivity contribution >= 4 is 18.0 Å². The molecule has 0 radical (unpaired) electrons. The lowest BCUT2D eigenvalue weighted by Gasteiger charge is -2.43. The van der Waals surface area contributed by atoms with E-state index >= 15 is 0 Å². The van der Waals surface area contributed by atoms with E-state index in [-0.39, 0.29) is 56.4 Å². The van der Waals surface area contributed by atoms with Gasteiger partial charge in [-0.25, -0.2) is 4.79 Å². The summed E-state index contributed by atoms with van der Waals surface area (Å²) < 4.78 is 23.7. The van der Waals surface area contributed by atoms with Crippen LogP contribution in [0.25, 0.3) is 0 Å². The molecule has 2 fully saturated rings. The molecule has 0 aliphatic carbocycles. The SMILES string of the molecule is CCOC(=O)CNC(=O)NCc1ccc([C@H]2O[C@@H](CN3CCC[C@H]3C(=O)OC(C)(C)C)[C@@H](C)[C@@H](c3ccc(CO)cc3)O2)cc1. The summed E-state index contributed by atoms with van der Waals surface area (Å²) in [5.41, 5.74) is 2.93. The maximum absolute atomic E-state index is 13.0. The average molecular weight is 626 g/mol. The van der Waals surface area contributed by atoms with Gasteiger partial charge in [-0.3, -0.25) is 14.5 Å². The molecular formula is C34H47N3O8. The highest BCUT2D eigenvalue weighted by Crippen LogP contribution is 2.42. The molecule has 0 spiro atoms. The topological polar surface area (TPSA) is 136 Å². The molecule has 2 aliphatic rings. The van der Waals surface area contributed by atoms with Gasteiger partial charge in [-0.1, -0.05) is 55.5 Å². The minimum Gasteiger partial charge on any atom is -0.465 e. The maximum atomic E-state index is 13.0. The van der Waals surface area contributed by atoms with E-state index in [1.165, 1.54) is 0 Å². The third-order valence-electron chi connectivity index (χ3n) is 7.98. The molecule has 2 saturated heterocycles. The van der Waals surface area contributed by atoms with Crippen LogP contribution in [0.15, 0.2) is 48.5 Å². The zero-order valence-corrected chi connectivity index (χ0v) is 26.9. The third kappa shape index (κ3) is 9.74. The Balaban J connectivity index is 1.47. The Morgan fingerprint density at radius 2 is 1.64 bits per heavy atom. The molecule has 0 aromatic heterocycles. The van der Waals surface area contributed by atoms with Gasteiger partial charge in [0.15, 0.2) is 6.29 Å². The third-order valence-corrected chi connectivity index (χ3v) is 7.98. The molecule has 246 valence electrons. The number of ether oxygens (including phenoxy) is 4. The number of carbonyl (C=O) groups excluding carboxylic acids is 3. The predicted molar refractivity (Wildman–Crippen MR) is 167 cm³/mol. The standard InChI is InChI=1S/C34H47N3O8/c1-6-42-29(39)19-36-33(41)35-18-23-9-15-26(16-10-23)32-43-28(20-37-17-7-8-27(37)31(40)45-34(3,4)5)22(2)30(44-32)25-13-11-24(21-38)12-14-25/h9-16,22,27-28,30,32,38H,6-8,17-21H2,1-5H3,(H2,35,36,41)/t22-,27+,28+,30+,32+/m1/s1. The van der Waals surface area contributed by atoms with Crippen molar-refractivity contribution in [1.82, 2.24) is 15.5 Å². The van der Waals surface area contributed by atoms with Crippen LogP contribution in [-0.2, 0) is 41.7 Å². The van der Waals surface area contributed by atoms with Crippen molar-refractivity contribution in [3.8, 4) is 0 Å². The van der Waals surface area contributed by atoms with Crippen molar-refractivity contribution in [2.24, 2.45) is 5.92 Å². The summed E-state index contributed by atoms with van der Waals surface area (Å²) in [5.74, 6) is -0.728. The lowest BCUT2D eigenvalue weighted by atomic mass is 9.90. The Bertz CT molecular complexity index is 1280. The number of carbonyl (C=O) groups is 3. The molecule has 2 heterocycles. The lowest BCUT2D eigenvalue weighted by Crippen LogP contribution is -2.48. The fourth-order valence-corrected chi connectivity index (χ4v) is 5.64. The van der Waals surface area contributed by atoms with E-state index in [0.29, 0.717) is 6.54 Å². The summed E-state index contributed by atoms with van der Waals surface area (Å²) in [4.78, 5) is 38.8. The largest absolute Gasteiger partial charge is 0.465 e. The van der Waals surface area contributed by atoms with Crippen molar-refractivity contribution in [2.75, 3.05) is 26.2 Å². The van der Waals surface area contributed by atoms with Crippen LogP contribution >= 0.6 is 0 Å². The molecule has 3 N–H and O–H groups in total. The number of benzene rings is 2. The number of amides is 2. The summed E-state index contributed by atoms with van der Waals surface area (Å²) in [7, 11) is 0. The molecule has 11 heteroatoms. The van der Waals surface area contributed by atoms with E-state index in [9.17, 15) is 19.5 Å². The van der Waals surface area contributed by atoms with Crippen molar-refractivity contribution in [1.29, 1.82) is 0 Å². The maximum Gasteiger partial charge on any atom is 0.325 e. The number of likely N-dealkylation sites (tertiary alicyclic amines) is 1. The van der Waals surface area contributed by atoms with Crippen molar-refractivity contribution < 1.29 is 38.4 Å². The first kappa shape index (κ1) is 34.4. The molecular weight excluding hydrogens is 578 g/mol. The molecule has 5 atom stereocenters. The highest BCUT2D eigenvalue weighted by atomic mass is 16.7. The highest BCUT2D eigenvalue weighted by molar-refractivity contribution is 5.80. The van der Waals surface area contributed by atoms with Crippen molar-refractivity contribution in [2.45, 2.75) is 90.8 Å². The van der Waals surface area contributed by atoms with E-state index in [4.69, 9.17) is 18.9 Å². The van der Waals surface area contributed by atoms with Gasteiger partial charge in [-0.2, -0.15) is 0 Å². The summed E-state index contributed by atoms with van der Waals surface area (Å²) in [5, 5.41) is 14.8. The first-order valence-corrected chi connectivity index (χ1v) is 15.7. The molecule has 2 aromatic rings. The second-order valence-electron chi connectivity index (χ2n) is 12.6. The van der Waals surface area contributed by atoms with Crippen LogP contribution in [-0.4, -0.2) is 72.0 Å². The van der Waals surface area contributed by atoms with Gasteiger partial charge >= 0.3 is 18.0 Å². The number of aliphatic hydroxyl groups is 1. The summed E-state index contributed by atoms with van der Waals surface area (Å²) in [6, 6.07) is 14.6. The van der Waals surface area contributed by atoms with Gasteiger partial charge in [0.05, 0.1) is 25.4 Å². The first-order valence-electron chi connectivity index (χ1n) is 15.7. The Hall–Kier alpha value is -3.51. The predicted octanol–water partition coefficient (Wildman–Crippen LogP) is 4.14. The summed E-state index contributed by atoms with van der Waals surface area (Å²) >= 11 is 0. The molecule has 45 heavy (non-hydrogen) atoms.